The molecule has 1 aliphatic heterocycles. The first kappa shape index (κ1) is 32.7. The molecule has 6 heteroatoms. The van der Waals surface area contributed by atoms with Gasteiger partial charge in [0.2, 0.25) is 6.41 Å². The molecular weight excluding hydrogens is 550 g/mol. The Labute approximate surface area is 261 Å². The minimum absolute atomic E-state index is 0.0174. The van der Waals surface area contributed by atoms with Crippen LogP contribution in [0.2, 0.25) is 0 Å². The first-order chi connectivity index (χ1) is 20.9. The lowest BCUT2D eigenvalue weighted by molar-refractivity contribution is -0.120. The summed E-state index contributed by atoms with van der Waals surface area (Å²) in [6, 6.07) is 26.3. The largest absolute Gasteiger partial charge is 0.490 e. The number of benzene rings is 4. The zero-order chi connectivity index (χ0) is 32.0. The number of hydrogen-bond acceptors (Lipinski definition) is 4. The van der Waals surface area contributed by atoms with Gasteiger partial charge in [-0.05, 0) is 87.1 Å². The van der Waals surface area contributed by atoms with Crippen molar-refractivity contribution in [3.05, 3.63) is 112 Å². The maximum atomic E-state index is 12.2. The Hall–Kier alpha value is -4.16. The van der Waals surface area contributed by atoms with Gasteiger partial charge in [0.25, 0.3) is 0 Å². The molecule has 0 aromatic heterocycles. The summed E-state index contributed by atoms with van der Waals surface area (Å²) in [5, 5.41) is 12.2. The first-order valence-corrected chi connectivity index (χ1v) is 15.3. The van der Waals surface area contributed by atoms with Crippen LogP contribution in [0.25, 0.3) is 10.8 Å². The SMILES string of the molecule is COC(C)(C)C.Cc1ccc(C2CC(CCN(C=O)C(C)c3cccc4ccccc34)Oc3ccccc32)c(C)c1C(=O)O. The lowest BCUT2D eigenvalue weighted by atomic mass is 9.80. The summed E-state index contributed by atoms with van der Waals surface area (Å²) >= 11 is 0. The van der Waals surface area contributed by atoms with Crippen LogP contribution in [0.5, 0.6) is 5.75 Å². The lowest BCUT2D eigenvalue weighted by Crippen LogP contribution is -2.33. The number of amides is 1. The minimum atomic E-state index is -0.900. The Kier molecular flexibility index (Phi) is 10.5. The van der Waals surface area contributed by atoms with Crippen LogP contribution in [0.1, 0.15) is 90.7 Å². The molecule has 0 aliphatic carbocycles. The minimum Gasteiger partial charge on any atom is -0.490 e. The molecule has 1 amide bonds. The molecule has 1 N–H and O–H groups in total. The number of carbonyl (C=O) groups excluding carboxylic acids is 1. The van der Waals surface area contributed by atoms with E-state index in [9.17, 15) is 14.7 Å². The van der Waals surface area contributed by atoms with Gasteiger partial charge < -0.3 is 19.5 Å². The second-order valence-electron chi connectivity index (χ2n) is 12.5. The van der Waals surface area contributed by atoms with Crippen LogP contribution in [0.4, 0.5) is 0 Å². The summed E-state index contributed by atoms with van der Waals surface area (Å²) < 4.78 is 11.4. The van der Waals surface area contributed by atoms with Crippen molar-refractivity contribution in [2.75, 3.05) is 13.7 Å². The molecule has 6 nitrogen and oxygen atoms in total. The topological polar surface area (TPSA) is 76.1 Å². The van der Waals surface area contributed by atoms with Gasteiger partial charge in [0.15, 0.2) is 0 Å². The van der Waals surface area contributed by atoms with Crippen LogP contribution in [0.15, 0.2) is 78.9 Å². The van der Waals surface area contributed by atoms with E-state index in [-0.39, 0.29) is 23.7 Å². The average molecular weight is 596 g/mol. The normalized spacial score (nSPS) is 16.6. The third-order valence-corrected chi connectivity index (χ3v) is 8.62. The van der Waals surface area contributed by atoms with Crippen molar-refractivity contribution < 1.29 is 24.2 Å². The fourth-order valence-corrected chi connectivity index (χ4v) is 5.96. The summed E-state index contributed by atoms with van der Waals surface area (Å²) in [7, 11) is 1.71. The fourth-order valence-electron chi connectivity index (χ4n) is 5.96. The zero-order valence-corrected chi connectivity index (χ0v) is 27.0. The molecule has 0 saturated heterocycles. The number of carboxylic acids is 1. The van der Waals surface area contributed by atoms with Crippen LogP contribution in [0.3, 0.4) is 0 Å². The van der Waals surface area contributed by atoms with Crippen LogP contribution in [-0.2, 0) is 9.53 Å². The quantitative estimate of drug-likeness (QED) is 0.207. The standard InChI is InChI=1S/C33H33NO4.C5H12O/c1-21-15-16-26(22(2)32(21)33(36)37)30-19-25(38-31-14-7-6-12-29(30)31)17-18-34(20-35)23(3)27-13-8-10-24-9-4-5-11-28(24)27;1-5(2,3)6-4/h4-16,20,23,25,30H,17-19H2,1-3H3,(H,36,37);1-4H3. The van der Waals surface area contributed by atoms with E-state index >= 15 is 0 Å². The highest BCUT2D eigenvalue weighted by Crippen LogP contribution is 2.43. The molecule has 0 bridgehead atoms. The van der Waals surface area contributed by atoms with Gasteiger partial charge in [-0.2, -0.15) is 0 Å². The number of methoxy groups -OCH3 is 1. The van der Waals surface area contributed by atoms with Crippen molar-refractivity contribution >= 4 is 23.2 Å². The summed E-state index contributed by atoms with van der Waals surface area (Å²) in [5.41, 5.74) is 5.20. The van der Waals surface area contributed by atoms with Crippen molar-refractivity contribution in [2.24, 2.45) is 0 Å². The molecule has 0 spiro atoms. The number of nitrogens with zero attached hydrogens (tertiary/aromatic N) is 1. The second-order valence-corrected chi connectivity index (χ2v) is 12.5. The Morgan fingerprint density at radius 1 is 1.00 bits per heavy atom. The van der Waals surface area contributed by atoms with Crippen molar-refractivity contribution in [3.63, 3.8) is 0 Å². The van der Waals surface area contributed by atoms with E-state index in [0.717, 1.165) is 57.2 Å². The molecule has 0 radical (unpaired) electrons. The van der Waals surface area contributed by atoms with E-state index in [4.69, 9.17) is 9.47 Å². The molecule has 1 aliphatic rings. The van der Waals surface area contributed by atoms with Gasteiger partial charge in [-0.3, -0.25) is 4.79 Å². The molecule has 3 atom stereocenters. The molecule has 0 saturated carbocycles. The Morgan fingerprint density at radius 3 is 2.34 bits per heavy atom. The van der Waals surface area contributed by atoms with Gasteiger partial charge in [0, 0.05) is 31.6 Å². The van der Waals surface area contributed by atoms with E-state index in [1.807, 2.05) is 82.0 Å². The van der Waals surface area contributed by atoms with Gasteiger partial charge in [0.05, 0.1) is 17.2 Å². The maximum Gasteiger partial charge on any atom is 0.336 e. The smallest absolute Gasteiger partial charge is 0.336 e. The fraction of sp³-hybridized carbons (Fsp3) is 0.368. The van der Waals surface area contributed by atoms with Gasteiger partial charge in [-0.25, -0.2) is 4.79 Å². The van der Waals surface area contributed by atoms with Crippen LogP contribution in [0, 0.1) is 13.8 Å². The number of carboxylic acid groups (broad SMARTS) is 1. The molecule has 4 aromatic rings. The number of aryl methyl sites for hydroxylation is 1. The highest BCUT2D eigenvalue weighted by molar-refractivity contribution is 5.91. The van der Waals surface area contributed by atoms with Gasteiger partial charge in [-0.15, -0.1) is 0 Å². The van der Waals surface area contributed by atoms with E-state index in [0.29, 0.717) is 18.5 Å². The van der Waals surface area contributed by atoms with Crippen molar-refractivity contribution in [2.45, 2.75) is 78.0 Å². The van der Waals surface area contributed by atoms with Gasteiger partial charge in [0.1, 0.15) is 11.9 Å². The van der Waals surface area contributed by atoms with E-state index < -0.39 is 5.97 Å². The first-order valence-electron chi connectivity index (χ1n) is 15.3. The molecule has 3 unspecified atom stereocenters. The van der Waals surface area contributed by atoms with Crippen LogP contribution < -0.4 is 4.74 Å². The number of hydrogen-bond donors (Lipinski definition) is 1. The predicted octanol–water partition coefficient (Wildman–Crippen LogP) is 8.48. The van der Waals surface area contributed by atoms with E-state index in [1.54, 1.807) is 7.11 Å². The number of ether oxygens (including phenoxy) is 2. The number of carbonyl (C=O) groups is 2. The number of rotatable bonds is 8. The molecule has 4 aromatic carbocycles. The highest BCUT2D eigenvalue weighted by atomic mass is 16.5. The third-order valence-electron chi connectivity index (χ3n) is 8.62. The Balaban J connectivity index is 0.000000670. The molecule has 232 valence electrons. The lowest BCUT2D eigenvalue weighted by Gasteiger charge is -2.35. The maximum absolute atomic E-state index is 12.2. The van der Waals surface area contributed by atoms with Crippen molar-refractivity contribution in [3.8, 4) is 5.75 Å². The van der Waals surface area contributed by atoms with Gasteiger partial charge in [-0.1, -0.05) is 72.8 Å². The summed E-state index contributed by atoms with van der Waals surface area (Å²) in [6.07, 6.45) is 2.22. The number of para-hydroxylation sites is 1. The molecule has 0 fully saturated rings. The Bertz CT molecular complexity index is 1600. The monoisotopic (exact) mass is 595 g/mol. The van der Waals surface area contributed by atoms with Crippen LogP contribution >= 0.6 is 0 Å². The van der Waals surface area contributed by atoms with Crippen molar-refractivity contribution in [1.82, 2.24) is 4.90 Å². The van der Waals surface area contributed by atoms with Crippen molar-refractivity contribution in [1.29, 1.82) is 0 Å². The average Bonchev–Trinajstić information content (AvgIpc) is 3.00. The highest BCUT2D eigenvalue weighted by Gasteiger charge is 2.32. The predicted molar refractivity (Wildman–Crippen MR) is 177 cm³/mol. The second kappa shape index (κ2) is 14.1. The summed E-state index contributed by atoms with van der Waals surface area (Å²) in [5.74, 6) is -0.0584. The third kappa shape index (κ3) is 7.48. The van der Waals surface area contributed by atoms with E-state index in [2.05, 4.69) is 43.3 Å². The molecule has 1 heterocycles. The summed E-state index contributed by atoms with van der Waals surface area (Å²) in [4.78, 5) is 26.1. The zero-order valence-electron chi connectivity index (χ0n) is 27.0. The van der Waals surface area contributed by atoms with Crippen LogP contribution in [-0.4, -0.2) is 47.7 Å². The Morgan fingerprint density at radius 2 is 1.66 bits per heavy atom. The number of aromatic carboxylic acids is 1. The molecular formula is C38H45NO5. The molecule has 5 rings (SSSR count). The van der Waals surface area contributed by atoms with E-state index in [1.165, 1.54) is 0 Å². The summed E-state index contributed by atoms with van der Waals surface area (Å²) in [6.45, 7) is 12.4. The molecule has 44 heavy (non-hydrogen) atoms. The number of fused-ring (bicyclic) bond motifs is 2. The van der Waals surface area contributed by atoms with Gasteiger partial charge >= 0.3 is 5.97 Å².